The maximum absolute atomic E-state index is 11.9. The Balaban J connectivity index is 2.10. The molecule has 2 aromatic rings. The molecular weight excluding hydrogens is 292 g/mol. The van der Waals surface area contributed by atoms with Crippen LogP contribution in [-0.2, 0) is 4.74 Å². The highest BCUT2D eigenvalue weighted by Gasteiger charge is 2.18. The molecule has 0 aromatic carbocycles. The molecular formula is C13H12N4O3S. The van der Waals surface area contributed by atoms with Crippen LogP contribution in [0.4, 0.5) is 5.13 Å². The number of carbonyl (C=O) groups is 2. The van der Waals surface area contributed by atoms with Crippen LogP contribution in [0.25, 0.3) is 0 Å². The highest BCUT2D eigenvalue weighted by atomic mass is 32.1. The third-order valence-corrected chi connectivity index (χ3v) is 3.38. The van der Waals surface area contributed by atoms with Gasteiger partial charge in [-0.15, -0.1) is 0 Å². The van der Waals surface area contributed by atoms with Gasteiger partial charge in [-0.2, -0.15) is 0 Å². The van der Waals surface area contributed by atoms with Gasteiger partial charge in [0.05, 0.1) is 11.9 Å². The Morgan fingerprint density at radius 1 is 1.48 bits per heavy atom. The predicted molar refractivity (Wildman–Crippen MR) is 77.3 cm³/mol. The summed E-state index contributed by atoms with van der Waals surface area (Å²) in [7, 11) is 0. The fraction of sp³-hybridized carbons (Fsp3) is 0.154. The van der Waals surface area contributed by atoms with Crippen molar-refractivity contribution in [3.05, 3.63) is 47.5 Å². The van der Waals surface area contributed by atoms with Gasteiger partial charge in [0.1, 0.15) is 17.2 Å². The predicted octanol–water partition coefficient (Wildman–Crippen LogP) is 1.84. The Kier molecular flexibility index (Phi) is 4.72. The summed E-state index contributed by atoms with van der Waals surface area (Å²) >= 11 is 1.04. The molecule has 0 radical (unpaired) electrons. The Morgan fingerprint density at radius 2 is 2.29 bits per heavy atom. The third-order valence-electron chi connectivity index (χ3n) is 2.33. The lowest BCUT2D eigenvalue weighted by Crippen LogP contribution is -2.13. The minimum Gasteiger partial charge on any atom is -0.457 e. The van der Waals surface area contributed by atoms with Crippen LogP contribution in [0.1, 0.15) is 25.9 Å². The van der Waals surface area contributed by atoms with Crippen molar-refractivity contribution in [3.63, 3.8) is 0 Å². The number of esters is 1. The van der Waals surface area contributed by atoms with E-state index in [0.29, 0.717) is 15.7 Å². The van der Waals surface area contributed by atoms with Crippen molar-refractivity contribution in [2.24, 2.45) is 0 Å². The SMILES string of the molecule is C=CCOC(=O)c1sc(NC(=O)c2cnccn2)nc1C. The second kappa shape index (κ2) is 6.71. The largest absolute Gasteiger partial charge is 0.457 e. The summed E-state index contributed by atoms with van der Waals surface area (Å²) in [4.78, 5) is 35.8. The highest BCUT2D eigenvalue weighted by molar-refractivity contribution is 7.17. The number of aryl methyl sites for hydroxylation is 1. The van der Waals surface area contributed by atoms with Crippen LogP contribution < -0.4 is 5.32 Å². The van der Waals surface area contributed by atoms with Crippen molar-refractivity contribution < 1.29 is 14.3 Å². The lowest BCUT2D eigenvalue weighted by molar-refractivity contribution is 0.0554. The van der Waals surface area contributed by atoms with Crippen molar-refractivity contribution >= 4 is 28.3 Å². The first kappa shape index (κ1) is 14.8. The van der Waals surface area contributed by atoms with Crippen molar-refractivity contribution in [2.45, 2.75) is 6.92 Å². The highest BCUT2D eigenvalue weighted by Crippen LogP contribution is 2.23. The van der Waals surface area contributed by atoms with Crippen molar-refractivity contribution in [3.8, 4) is 0 Å². The summed E-state index contributed by atoms with van der Waals surface area (Å²) in [5.41, 5.74) is 0.657. The number of anilines is 1. The molecule has 2 heterocycles. The molecule has 21 heavy (non-hydrogen) atoms. The number of nitrogens with zero attached hydrogens (tertiary/aromatic N) is 3. The monoisotopic (exact) mass is 304 g/mol. The van der Waals surface area contributed by atoms with Crippen LogP contribution in [0, 0.1) is 6.92 Å². The zero-order chi connectivity index (χ0) is 15.2. The molecule has 0 saturated carbocycles. The minimum absolute atomic E-state index is 0.122. The van der Waals surface area contributed by atoms with Crippen molar-refractivity contribution in [1.82, 2.24) is 15.0 Å². The number of ether oxygens (including phenoxy) is 1. The number of amides is 1. The summed E-state index contributed by atoms with van der Waals surface area (Å²) in [6, 6.07) is 0. The molecule has 0 spiro atoms. The molecule has 108 valence electrons. The van der Waals surface area contributed by atoms with Crippen LogP contribution in [-0.4, -0.2) is 33.4 Å². The summed E-state index contributed by atoms with van der Waals surface area (Å²) < 4.78 is 4.94. The van der Waals surface area contributed by atoms with E-state index in [9.17, 15) is 9.59 Å². The van der Waals surface area contributed by atoms with E-state index in [4.69, 9.17) is 4.74 Å². The normalized spacial score (nSPS) is 9.95. The molecule has 0 unspecified atom stereocenters. The van der Waals surface area contributed by atoms with Crippen LogP contribution in [0.2, 0.25) is 0 Å². The zero-order valence-corrected chi connectivity index (χ0v) is 12.0. The quantitative estimate of drug-likeness (QED) is 0.669. The van der Waals surface area contributed by atoms with Gasteiger partial charge in [0.15, 0.2) is 5.13 Å². The van der Waals surface area contributed by atoms with E-state index in [1.165, 1.54) is 24.7 Å². The van der Waals surface area contributed by atoms with E-state index in [0.717, 1.165) is 11.3 Å². The Hall–Kier alpha value is -2.61. The molecule has 0 aliphatic rings. The molecule has 2 rings (SSSR count). The fourth-order valence-electron chi connectivity index (χ4n) is 1.42. The van der Waals surface area contributed by atoms with Gasteiger partial charge in [0.2, 0.25) is 0 Å². The lowest BCUT2D eigenvalue weighted by Gasteiger charge is -1.99. The van der Waals surface area contributed by atoms with Crippen LogP contribution >= 0.6 is 11.3 Å². The summed E-state index contributed by atoms with van der Waals surface area (Å²) in [6.07, 6.45) is 5.71. The Bertz CT molecular complexity index is 669. The van der Waals surface area contributed by atoms with Gasteiger partial charge in [-0.05, 0) is 6.92 Å². The maximum atomic E-state index is 11.9. The molecule has 8 heteroatoms. The van der Waals surface area contributed by atoms with Gasteiger partial charge in [-0.3, -0.25) is 15.1 Å². The molecule has 0 saturated heterocycles. The Labute approximate surface area is 124 Å². The van der Waals surface area contributed by atoms with Crippen molar-refractivity contribution in [2.75, 3.05) is 11.9 Å². The second-order valence-corrected chi connectivity index (χ2v) is 4.86. The van der Waals surface area contributed by atoms with Crippen molar-refractivity contribution in [1.29, 1.82) is 0 Å². The van der Waals surface area contributed by atoms with Crippen LogP contribution in [0.15, 0.2) is 31.2 Å². The molecule has 0 atom stereocenters. The van der Waals surface area contributed by atoms with Gasteiger partial charge >= 0.3 is 5.97 Å². The molecule has 0 aliphatic heterocycles. The minimum atomic E-state index is -0.495. The van der Waals surface area contributed by atoms with Gasteiger partial charge < -0.3 is 4.74 Å². The molecule has 1 N–H and O–H groups in total. The molecule has 7 nitrogen and oxygen atoms in total. The van der Waals surface area contributed by atoms with Crippen LogP contribution in [0.3, 0.4) is 0 Å². The lowest BCUT2D eigenvalue weighted by atomic mass is 10.4. The van der Waals surface area contributed by atoms with E-state index in [2.05, 4.69) is 26.8 Å². The maximum Gasteiger partial charge on any atom is 0.350 e. The number of aromatic nitrogens is 3. The first-order chi connectivity index (χ1) is 10.1. The van der Waals surface area contributed by atoms with Crippen LogP contribution in [0.5, 0.6) is 0 Å². The van der Waals surface area contributed by atoms with E-state index in [1.807, 2.05) is 0 Å². The average Bonchev–Trinajstić information content (AvgIpc) is 2.86. The Morgan fingerprint density at radius 3 is 2.95 bits per heavy atom. The topological polar surface area (TPSA) is 94.1 Å². The molecule has 1 amide bonds. The third kappa shape index (κ3) is 3.69. The number of hydrogen-bond donors (Lipinski definition) is 1. The van der Waals surface area contributed by atoms with Gasteiger partial charge in [0.25, 0.3) is 5.91 Å². The number of carbonyl (C=O) groups excluding carboxylic acids is 2. The van der Waals surface area contributed by atoms with E-state index in [-0.39, 0.29) is 12.3 Å². The van der Waals surface area contributed by atoms with E-state index < -0.39 is 11.9 Å². The fourth-order valence-corrected chi connectivity index (χ4v) is 2.27. The van der Waals surface area contributed by atoms with Gasteiger partial charge in [-0.1, -0.05) is 24.0 Å². The zero-order valence-electron chi connectivity index (χ0n) is 11.2. The summed E-state index contributed by atoms with van der Waals surface area (Å²) in [5, 5.41) is 2.87. The van der Waals surface area contributed by atoms with E-state index in [1.54, 1.807) is 6.92 Å². The molecule has 0 aliphatic carbocycles. The second-order valence-electron chi connectivity index (χ2n) is 3.87. The van der Waals surface area contributed by atoms with Gasteiger partial charge in [-0.25, -0.2) is 14.8 Å². The standard InChI is InChI=1S/C13H12N4O3S/c1-3-6-20-12(19)10-8(2)16-13(21-10)17-11(18)9-7-14-4-5-15-9/h3-5,7H,1,6H2,2H3,(H,16,17,18). The van der Waals surface area contributed by atoms with Gasteiger partial charge in [0, 0.05) is 12.4 Å². The first-order valence-corrected chi connectivity index (χ1v) is 6.76. The van der Waals surface area contributed by atoms with E-state index >= 15 is 0 Å². The number of thiazole rings is 1. The molecule has 2 aromatic heterocycles. The summed E-state index contributed by atoms with van der Waals surface area (Å²) in [6.45, 7) is 5.26. The first-order valence-electron chi connectivity index (χ1n) is 5.94. The molecule has 0 bridgehead atoms. The number of rotatable bonds is 5. The molecule has 0 fully saturated rings. The smallest absolute Gasteiger partial charge is 0.350 e. The summed E-state index contributed by atoms with van der Waals surface area (Å²) in [5.74, 6) is -0.937. The average molecular weight is 304 g/mol. The number of hydrogen-bond acceptors (Lipinski definition) is 7. The number of nitrogens with one attached hydrogen (secondary N) is 1.